The van der Waals surface area contributed by atoms with Gasteiger partial charge in [0.1, 0.15) is 12.1 Å². The molecular weight excluding hydrogens is 240 g/mol. The Kier molecular flexibility index (Phi) is 4.71. The first-order valence-corrected chi connectivity index (χ1v) is 7.00. The molecule has 1 aromatic rings. The molecule has 0 saturated heterocycles. The maximum Gasteiger partial charge on any atom is 0.221 e. The lowest BCUT2D eigenvalue weighted by atomic mass is 10.2. The number of carbonyl (C=O) groups is 1. The number of aryl methyl sites for hydroxylation is 1. The van der Waals surface area contributed by atoms with Gasteiger partial charge in [0.25, 0.3) is 0 Å². The number of nitrogens with zero attached hydrogens (tertiary/aromatic N) is 2. The highest BCUT2D eigenvalue weighted by atomic mass is 16.1. The molecule has 1 aliphatic rings. The van der Waals surface area contributed by atoms with E-state index >= 15 is 0 Å². The van der Waals surface area contributed by atoms with Crippen LogP contribution < -0.4 is 10.6 Å². The normalized spacial score (nSPS) is 13.4. The molecule has 2 N–H and O–H groups in total. The number of carbonyl (C=O) groups excluding carboxylic acids is 1. The largest absolute Gasteiger partial charge is 0.369 e. The van der Waals surface area contributed by atoms with Crippen LogP contribution >= 0.6 is 0 Å². The van der Waals surface area contributed by atoms with Crippen molar-refractivity contribution in [3.8, 4) is 0 Å². The fraction of sp³-hybridized carbons (Fsp3) is 0.643. The van der Waals surface area contributed by atoms with Crippen LogP contribution in [0.25, 0.3) is 0 Å². The summed E-state index contributed by atoms with van der Waals surface area (Å²) in [5.74, 6) is 1.48. The highest BCUT2D eigenvalue weighted by molar-refractivity contribution is 5.76. The van der Waals surface area contributed by atoms with Crippen molar-refractivity contribution in [2.75, 3.05) is 18.4 Å². The number of hydrogen-bond acceptors (Lipinski definition) is 4. The van der Waals surface area contributed by atoms with E-state index in [9.17, 15) is 4.79 Å². The molecule has 0 bridgehead atoms. The molecule has 0 radical (unpaired) electrons. The summed E-state index contributed by atoms with van der Waals surface area (Å²) >= 11 is 0. The van der Waals surface area contributed by atoms with Crippen LogP contribution in [0.5, 0.6) is 0 Å². The van der Waals surface area contributed by atoms with E-state index in [1.807, 2.05) is 0 Å². The van der Waals surface area contributed by atoms with Gasteiger partial charge in [-0.2, -0.15) is 0 Å². The molecule has 1 amide bonds. The molecule has 0 fully saturated rings. The lowest BCUT2D eigenvalue weighted by Gasteiger charge is -2.10. The lowest BCUT2D eigenvalue weighted by Crippen LogP contribution is -2.28. The fourth-order valence-electron chi connectivity index (χ4n) is 2.21. The van der Waals surface area contributed by atoms with Gasteiger partial charge in [-0.25, -0.2) is 9.97 Å². The zero-order chi connectivity index (χ0) is 13.7. The second-order valence-corrected chi connectivity index (χ2v) is 5.38. The summed E-state index contributed by atoms with van der Waals surface area (Å²) in [7, 11) is 0. The summed E-state index contributed by atoms with van der Waals surface area (Å²) in [6.45, 7) is 5.53. The molecule has 0 saturated carbocycles. The van der Waals surface area contributed by atoms with Crippen LogP contribution in [0.3, 0.4) is 0 Å². The summed E-state index contributed by atoms with van der Waals surface area (Å²) in [5.41, 5.74) is 2.38. The molecule has 1 aromatic heterocycles. The van der Waals surface area contributed by atoms with E-state index < -0.39 is 0 Å². The van der Waals surface area contributed by atoms with Gasteiger partial charge < -0.3 is 10.6 Å². The minimum absolute atomic E-state index is 0.0897. The Morgan fingerprint density at radius 2 is 2.21 bits per heavy atom. The van der Waals surface area contributed by atoms with E-state index in [1.165, 1.54) is 5.56 Å². The second kappa shape index (κ2) is 6.50. The Bertz CT molecular complexity index is 445. The van der Waals surface area contributed by atoms with Gasteiger partial charge in [0.05, 0.1) is 0 Å². The van der Waals surface area contributed by atoms with E-state index in [-0.39, 0.29) is 5.91 Å². The Morgan fingerprint density at radius 1 is 1.37 bits per heavy atom. The number of fused-ring (bicyclic) bond motifs is 1. The predicted octanol–water partition coefficient (Wildman–Crippen LogP) is 1.54. The first-order valence-electron chi connectivity index (χ1n) is 7.00. The minimum atomic E-state index is 0.0897. The van der Waals surface area contributed by atoms with Crippen molar-refractivity contribution in [1.82, 2.24) is 15.3 Å². The average Bonchev–Trinajstić information content (AvgIpc) is 2.85. The summed E-state index contributed by atoms with van der Waals surface area (Å²) in [6.07, 6.45) is 5.31. The van der Waals surface area contributed by atoms with Crippen LogP contribution in [0, 0.1) is 5.92 Å². The summed E-state index contributed by atoms with van der Waals surface area (Å²) in [5, 5.41) is 6.16. The van der Waals surface area contributed by atoms with Crippen LogP contribution in [0.1, 0.15) is 37.9 Å². The number of hydrogen-bond donors (Lipinski definition) is 2. The van der Waals surface area contributed by atoms with Crippen molar-refractivity contribution >= 4 is 11.7 Å². The monoisotopic (exact) mass is 262 g/mol. The van der Waals surface area contributed by atoms with Crippen molar-refractivity contribution in [2.45, 2.75) is 39.5 Å². The van der Waals surface area contributed by atoms with Gasteiger partial charge in [-0.05, 0) is 25.2 Å². The quantitative estimate of drug-likeness (QED) is 0.816. The van der Waals surface area contributed by atoms with Crippen molar-refractivity contribution in [3.05, 3.63) is 17.6 Å². The molecule has 0 atom stereocenters. The summed E-state index contributed by atoms with van der Waals surface area (Å²) < 4.78 is 0. The number of aromatic nitrogens is 2. The first-order chi connectivity index (χ1) is 9.16. The summed E-state index contributed by atoms with van der Waals surface area (Å²) in [6, 6.07) is 0. The van der Waals surface area contributed by atoms with Crippen LogP contribution in [0.4, 0.5) is 5.82 Å². The topological polar surface area (TPSA) is 66.9 Å². The lowest BCUT2D eigenvalue weighted by molar-refractivity contribution is -0.120. The Balaban J connectivity index is 1.77. The first kappa shape index (κ1) is 13.8. The maximum atomic E-state index is 11.6. The third-order valence-electron chi connectivity index (χ3n) is 3.23. The molecule has 104 valence electrons. The number of rotatable bonds is 6. The molecule has 0 aliphatic heterocycles. The van der Waals surface area contributed by atoms with Gasteiger partial charge in [0, 0.05) is 30.8 Å². The molecular formula is C14H22N4O. The highest BCUT2D eigenvalue weighted by Crippen LogP contribution is 2.24. The average molecular weight is 262 g/mol. The highest BCUT2D eigenvalue weighted by Gasteiger charge is 2.16. The minimum Gasteiger partial charge on any atom is -0.369 e. The van der Waals surface area contributed by atoms with Crippen LogP contribution in [-0.2, 0) is 17.6 Å². The zero-order valence-corrected chi connectivity index (χ0v) is 11.7. The molecule has 5 heteroatoms. The van der Waals surface area contributed by atoms with Crippen LogP contribution in [0.2, 0.25) is 0 Å². The Hall–Kier alpha value is -1.65. The molecule has 5 nitrogen and oxygen atoms in total. The molecule has 0 unspecified atom stereocenters. The molecule has 1 aliphatic carbocycles. The van der Waals surface area contributed by atoms with Crippen molar-refractivity contribution in [1.29, 1.82) is 0 Å². The predicted molar refractivity (Wildman–Crippen MR) is 75.0 cm³/mol. The molecule has 0 aromatic carbocycles. The standard InChI is InChI=1S/C14H22N4O/c1-10(2)8-16-13(19)6-7-15-14-11-4-3-5-12(11)17-9-18-14/h9-10H,3-8H2,1-2H3,(H,16,19)(H,15,17,18). The Labute approximate surface area is 114 Å². The van der Waals surface area contributed by atoms with Crippen molar-refractivity contribution < 1.29 is 4.79 Å². The van der Waals surface area contributed by atoms with Gasteiger partial charge >= 0.3 is 0 Å². The number of anilines is 1. The number of amides is 1. The molecule has 2 rings (SSSR count). The maximum absolute atomic E-state index is 11.6. The van der Waals surface area contributed by atoms with Gasteiger partial charge in [0.15, 0.2) is 0 Å². The van der Waals surface area contributed by atoms with E-state index in [1.54, 1.807) is 6.33 Å². The third-order valence-corrected chi connectivity index (χ3v) is 3.23. The van der Waals surface area contributed by atoms with E-state index in [4.69, 9.17) is 0 Å². The van der Waals surface area contributed by atoms with Gasteiger partial charge in [-0.3, -0.25) is 4.79 Å². The molecule has 0 spiro atoms. The molecule has 1 heterocycles. The Morgan fingerprint density at radius 3 is 3.00 bits per heavy atom. The zero-order valence-electron chi connectivity index (χ0n) is 11.7. The van der Waals surface area contributed by atoms with Crippen LogP contribution in [0.15, 0.2) is 6.33 Å². The van der Waals surface area contributed by atoms with Crippen LogP contribution in [-0.4, -0.2) is 29.0 Å². The summed E-state index contributed by atoms with van der Waals surface area (Å²) in [4.78, 5) is 20.1. The van der Waals surface area contributed by atoms with E-state index in [0.29, 0.717) is 18.9 Å². The fourth-order valence-corrected chi connectivity index (χ4v) is 2.21. The number of nitrogens with one attached hydrogen (secondary N) is 2. The second-order valence-electron chi connectivity index (χ2n) is 5.38. The van der Waals surface area contributed by atoms with E-state index in [2.05, 4.69) is 34.4 Å². The van der Waals surface area contributed by atoms with Gasteiger partial charge in [-0.15, -0.1) is 0 Å². The van der Waals surface area contributed by atoms with Crippen molar-refractivity contribution in [3.63, 3.8) is 0 Å². The van der Waals surface area contributed by atoms with E-state index in [0.717, 1.165) is 37.3 Å². The van der Waals surface area contributed by atoms with Gasteiger partial charge in [-0.1, -0.05) is 13.8 Å². The third kappa shape index (κ3) is 3.91. The molecule has 19 heavy (non-hydrogen) atoms. The SMILES string of the molecule is CC(C)CNC(=O)CCNc1ncnc2c1CCC2. The van der Waals surface area contributed by atoms with Gasteiger partial charge in [0.2, 0.25) is 5.91 Å². The smallest absolute Gasteiger partial charge is 0.221 e. The van der Waals surface area contributed by atoms with Crippen molar-refractivity contribution in [2.24, 2.45) is 5.92 Å².